The lowest BCUT2D eigenvalue weighted by Crippen LogP contribution is -2.29. The second kappa shape index (κ2) is 10.5. The van der Waals surface area contributed by atoms with Crippen LogP contribution in [-0.2, 0) is 32.7 Å². The monoisotopic (exact) mass is 338 g/mol. The van der Waals surface area contributed by atoms with Crippen molar-refractivity contribution in [3.63, 3.8) is 0 Å². The maximum absolute atomic E-state index is 11.5. The number of phosphoric ester groups is 1. The minimum absolute atomic E-state index is 0.0534. The lowest BCUT2D eigenvalue weighted by molar-refractivity contribution is -0.159. The highest BCUT2D eigenvalue weighted by Gasteiger charge is 2.25. The molecule has 22 heavy (non-hydrogen) atoms. The molecular formula is C13H23O8P. The third kappa shape index (κ3) is 9.68. The van der Waals surface area contributed by atoms with E-state index in [-0.39, 0.29) is 25.2 Å². The van der Waals surface area contributed by atoms with Crippen molar-refractivity contribution in [1.82, 2.24) is 0 Å². The minimum atomic E-state index is -4.23. The van der Waals surface area contributed by atoms with E-state index in [9.17, 15) is 19.0 Å². The van der Waals surface area contributed by atoms with Gasteiger partial charge in [-0.05, 0) is 13.3 Å². The fraction of sp³-hybridized carbons (Fsp3) is 0.692. The molecule has 0 aliphatic heterocycles. The van der Waals surface area contributed by atoms with Crippen LogP contribution in [0.4, 0.5) is 0 Å². The quantitative estimate of drug-likeness (QED) is 0.346. The molecule has 2 atom stereocenters. The van der Waals surface area contributed by atoms with E-state index in [0.717, 1.165) is 0 Å². The first-order valence-electron chi connectivity index (χ1n) is 6.85. The van der Waals surface area contributed by atoms with Gasteiger partial charge in [0.2, 0.25) is 0 Å². The van der Waals surface area contributed by atoms with Gasteiger partial charge in [0.25, 0.3) is 0 Å². The molecule has 0 aromatic rings. The standard InChI is InChI=1S/C13H23O8P/c1-5-7-19-22(16,17)20-9-11(21-12(14)6-2)8-18-13(15)10(3)4/h11H,3,5-9H2,1-2,4H3,(H,16,17). The molecular weight excluding hydrogens is 315 g/mol. The second-order valence-electron chi connectivity index (χ2n) is 4.44. The molecule has 0 bridgehead atoms. The van der Waals surface area contributed by atoms with Crippen molar-refractivity contribution >= 4 is 19.8 Å². The van der Waals surface area contributed by atoms with Crippen LogP contribution in [-0.4, -0.2) is 42.8 Å². The van der Waals surface area contributed by atoms with Gasteiger partial charge in [0.1, 0.15) is 6.61 Å². The Kier molecular flexibility index (Phi) is 9.93. The van der Waals surface area contributed by atoms with E-state index in [4.69, 9.17) is 14.0 Å². The fourth-order valence-corrected chi connectivity index (χ4v) is 1.94. The predicted molar refractivity (Wildman–Crippen MR) is 78.0 cm³/mol. The van der Waals surface area contributed by atoms with E-state index >= 15 is 0 Å². The molecule has 0 aromatic heterocycles. The van der Waals surface area contributed by atoms with Crippen LogP contribution in [0.15, 0.2) is 12.2 Å². The number of phosphoric acid groups is 1. The number of carbonyl (C=O) groups excluding carboxylic acids is 2. The lowest BCUT2D eigenvalue weighted by Gasteiger charge is -2.19. The molecule has 0 aliphatic rings. The molecule has 0 rings (SSSR count). The molecule has 0 heterocycles. The van der Waals surface area contributed by atoms with Crippen LogP contribution in [0.1, 0.15) is 33.6 Å². The third-order valence-corrected chi connectivity index (χ3v) is 3.20. The SMILES string of the molecule is C=C(C)C(=O)OCC(COP(=O)(O)OCCC)OC(=O)CC. The zero-order valence-electron chi connectivity index (χ0n) is 13.1. The predicted octanol–water partition coefficient (Wildman–Crippen LogP) is 1.97. The van der Waals surface area contributed by atoms with Crippen LogP contribution in [0.25, 0.3) is 0 Å². The Hall–Kier alpha value is -1.21. The van der Waals surface area contributed by atoms with Gasteiger partial charge in [0.15, 0.2) is 6.10 Å². The Morgan fingerprint density at radius 3 is 2.36 bits per heavy atom. The summed E-state index contributed by atoms with van der Waals surface area (Å²) < 4.78 is 30.7. The molecule has 128 valence electrons. The van der Waals surface area contributed by atoms with Crippen LogP contribution >= 0.6 is 7.82 Å². The Morgan fingerprint density at radius 2 is 1.86 bits per heavy atom. The van der Waals surface area contributed by atoms with Crippen molar-refractivity contribution in [3.05, 3.63) is 12.2 Å². The summed E-state index contributed by atoms with van der Waals surface area (Å²) in [7, 11) is -4.23. The molecule has 1 N–H and O–H groups in total. The van der Waals surface area contributed by atoms with E-state index in [1.54, 1.807) is 13.8 Å². The third-order valence-electron chi connectivity index (χ3n) is 2.22. The second-order valence-corrected chi connectivity index (χ2v) is 5.90. The van der Waals surface area contributed by atoms with Crippen LogP contribution in [0.5, 0.6) is 0 Å². The van der Waals surface area contributed by atoms with Crippen LogP contribution in [0.2, 0.25) is 0 Å². The van der Waals surface area contributed by atoms with Gasteiger partial charge in [0, 0.05) is 12.0 Å². The first-order chi connectivity index (χ1) is 10.2. The summed E-state index contributed by atoms with van der Waals surface area (Å²) >= 11 is 0. The molecule has 0 fully saturated rings. The first-order valence-corrected chi connectivity index (χ1v) is 8.35. The van der Waals surface area contributed by atoms with Gasteiger partial charge >= 0.3 is 19.8 Å². The number of hydrogen-bond donors (Lipinski definition) is 1. The molecule has 0 radical (unpaired) electrons. The molecule has 9 heteroatoms. The molecule has 8 nitrogen and oxygen atoms in total. The molecule has 0 spiro atoms. The molecule has 0 aromatic carbocycles. The van der Waals surface area contributed by atoms with E-state index in [0.29, 0.717) is 6.42 Å². The zero-order valence-corrected chi connectivity index (χ0v) is 14.0. The smallest absolute Gasteiger partial charge is 0.458 e. The number of rotatable bonds is 11. The van der Waals surface area contributed by atoms with Crippen molar-refractivity contribution < 1.29 is 37.6 Å². The lowest BCUT2D eigenvalue weighted by atomic mass is 10.3. The first kappa shape index (κ1) is 20.8. The number of carbonyl (C=O) groups is 2. The van der Waals surface area contributed by atoms with Gasteiger partial charge in [-0.1, -0.05) is 20.4 Å². The maximum Gasteiger partial charge on any atom is 0.472 e. The summed E-state index contributed by atoms with van der Waals surface area (Å²) in [6.45, 7) is 7.53. The highest BCUT2D eigenvalue weighted by atomic mass is 31.2. The summed E-state index contributed by atoms with van der Waals surface area (Å²) in [6, 6.07) is 0. The molecule has 2 unspecified atom stereocenters. The number of hydrogen-bond acceptors (Lipinski definition) is 7. The number of ether oxygens (including phenoxy) is 2. The Morgan fingerprint density at radius 1 is 1.23 bits per heavy atom. The van der Waals surface area contributed by atoms with E-state index in [1.165, 1.54) is 6.92 Å². The summed E-state index contributed by atoms with van der Waals surface area (Å²) in [6.07, 6.45) is -0.367. The average molecular weight is 338 g/mol. The van der Waals surface area contributed by atoms with Gasteiger partial charge < -0.3 is 14.4 Å². The largest absolute Gasteiger partial charge is 0.472 e. The molecule has 0 saturated carbocycles. The van der Waals surface area contributed by atoms with Gasteiger partial charge in [-0.15, -0.1) is 0 Å². The Labute approximate surface area is 130 Å². The fourth-order valence-electron chi connectivity index (χ4n) is 1.10. The maximum atomic E-state index is 11.5. The topological polar surface area (TPSA) is 108 Å². The van der Waals surface area contributed by atoms with Crippen molar-refractivity contribution in [1.29, 1.82) is 0 Å². The van der Waals surface area contributed by atoms with Crippen molar-refractivity contribution in [2.75, 3.05) is 19.8 Å². The van der Waals surface area contributed by atoms with Crippen LogP contribution in [0.3, 0.4) is 0 Å². The summed E-state index contributed by atoms with van der Waals surface area (Å²) in [5, 5.41) is 0. The molecule has 0 aliphatic carbocycles. The van der Waals surface area contributed by atoms with Crippen molar-refractivity contribution in [2.45, 2.75) is 39.7 Å². The highest BCUT2D eigenvalue weighted by molar-refractivity contribution is 7.47. The van der Waals surface area contributed by atoms with Crippen molar-refractivity contribution in [2.24, 2.45) is 0 Å². The summed E-state index contributed by atoms with van der Waals surface area (Å²) in [4.78, 5) is 32.0. The highest BCUT2D eigenvalue weighted by Crippen LogP contribution is 2.43. The molecule has 0 amide bonds. The van der Waals surface area contributed by atoms with Gasteiger partial charge in [-0.3, -0.25) is 13.8 Å². The normalized spacial score (nSPS) is 14.7. The number of esters is 2. The zero-order chi connectivity index (χ0) is 17.2. The van der Waals surface area contributed by atoms with Crippen molar-refractivity contribution in [3.8, 4) is 0 Å². The van der Waals surface area contributed by atoms with E-state index in [2.05, 4.69) is 11.1 Å². The van der Waals surface area contributed by atoms with Gasteiger partial charge in [-0.2, -0.15) is 0 Å². The van der Waals surface area contributed by atoms with Crippen LogP contribution in [0, 0.1) is 0 Å². The van der Waals surface area contributed by atoms with Gasteiger partial charge in [0.05, 0.1) is 13.2 Å². The minimum Gasteiger partial charge on any atom is -0.458 e. The average Bonchev–Trinajstić information content (AvgIpc) is 2.47. The van der Waals surface area contributed by atoms with Crippen LogP contribution < -0.4 is 0 Å². The molecule has 0 saturated heterocycles. The summed E-state index contributed by atoms with van der Waals surface area (Å²) in [5.74, 6) is -1.21. The van der Waals surface area contributed by atoms with E-state index < -0.39 is 32.5 Å². The van der Waals surface area contributed by atoms with Gasteiger partial charge in [-0.25, -0.2) is 9.36 Å². The Bertz CT molecular complexity index is 434. The Balaban J connectivity index is 4.52. The summed E-state index contributed by atoms with van der Waals surface area (Å²) in [5.41, 5.74) is 0.181. The van der Waals surface area contributed by atoms with E-state index in [1.807, 2.05) is 0 Å².